The Balaban J connectivity index is 2.05. The van der Waals surface area contributed by atoms with Crippen molar-refractivity contribution in [3.05, 3.63) is 59.8 Å². The van der Waals surface area contributed by atoms with Crippen molar-refractivity contribution < 1.29 is 19.1 Å². The molecule has 0 radical (unpaired) electrons. The Morgan fingerprint density at radius 2 is 1.68 bits per heavy atom. The number of nitrogens with one attached hydrogen (secondary N) is 1. The van der Waals surface area contributed by atoms with Gasteiger partial charge in [-0.3, -0.25) is 14.5 Å². The average Bonchev–Trinajstić information content (AvgIpc) is 2.94. The van der Waals surface area contributed by atoms with Crippen LogP contribution in [0.15, 0.2) is 54.2 Å². The summed E-state index contributed by atoms with van der Waals surface area (Å²) in [6, 6.07) is 14.5. The zero-order chi connectivity index (χ0) is 20.1. The van der Waals surface area contributed by atoms with E-state index in [0.717, 1.165) is 0 Å². The van der Waals surface area contributed by atoms with Gasteiger partial charge in [-0.05, 0) is 43.2 Å². The molecule has 1 aliphatic heterocycles. The van der Waals surface area contributed by atoms with Crippen LogP contribution >= 0.6 is 0 Å². The highest BCUT2D eigenvalue weighted by Gasteiger charge is 2.38. The number of carbonyl (C=O) groups is 2. The number of benzene rings is 2. The zero-order valence-corrected chi connectivity index (χ0v) is 16.3. The Labute approximate surface area is 164 Å². The SMILES string of the molecule is CCCN1C(=O)C(Nc2ccccc2OC)=C(c2ccc(OCC)cc2)C1=O. The molecule has 3 rings (SSSR count). The van der Waals surface area contributed by atoms with E-state index in [9.17, 15) is 9.59 Å². The Hall–Kier alpha value is -3.28. The summed E-state index contributed by atoms with van der Waals surface area (Å²) in [4.78, 5) is 27.3. The van der Waals surface area contributed by atoms with Crippen molar-refractivity contribution in [2.24, 2.45) is 0 Å². The van der Waals surface area contributed by atoms with Gasteiger partial charge in [-0.1, -0.05) is 31.2 Å². The van der Waals surface area contributed by atoms with Crippen molar-refractivity contribution >= 4 is 23.1 Å². The first kappa shape index (κ1) is 19.5. The van der Waals surface area contributed by atoms with Gasteiger partial charge in [0.2, 0.25) is 0 Å². The molecule has 6 heteroatoms. The third kappa shape index (κ3) is 3.71. The van der Waals surface area contributed by atoms with Gasteiger partial charge in [0.1, 0.15) is 17.2 Å². The molecule has 0 aromatic heterocycles. The van der Waals surface area contributed by atoms with Crippen molar-refractivity contribution in [1.82, 2.24) is 4.90 Å². The molecule has 0 saturated heterocycles. The number of carbonyl (C=O) groups excluding carboxylic acids is 2. The first-order valence-electron chi connectivity index (χ1n) is 9.34. The topological polar surface area (TPSA) is 67.9 Å². The molecule has 0 atom stereocenters. The fourth-order valence-corrected chi connectivity index (χ4v) is 3.15. The van der Waals surface area contributed by atoms with Crippen LogP contribution in [0, 0.1) is 0 Å². The number of rotatable bonds is 8. The maximum atomic E-state index is 13.0. The maximum Gasteiger partial charge on any atom is 0.278 e. The molecule has 1 N–H and O–H groups in total. The molecule has 2 aromatic rings. The second kappa shape index (κ2) is 8.61. The standard InChI is InChI=1S/C22H24N2O4/c1-4-14-24-21(25)19(15-10-12-16(13-11-15)28-5-2)20(22(24)26)23-17-8-6-7-9-18(17)27-3/h6-13,23H,4-5,14H2,1-3H3. The molecule has 0 bridgehead atoms. The van der Waals surface area contributed by atoms with Crippen LogP contribution in [0.2, 0.25) is 0 Å². The van der Waals surface area contributed by atoms with E-state index in [1.807, 2.05) is 32.0 Å². The summed E-state index contributed by atoms with van der Waals surface area (Å²) < 4.78 is 10.8. The zero-order valence-electron chi connectivity index (χ0n) is 16.3. The molecule has 0 unspecified atom stereocenters. The molecule has 1 heterocycles. The van der Waals surface area contributed by atoms with E-state index < -0.39 is 0 Å². The Morgan fingerprint density at radius 3 is 2.32 bits per heavy atom. The van der Waals surface area contributed by atoms with Crippen molar-refractivity contribution in [3.63, 3.8) is 0 Å². The highest BCUT2D eigenvalue weighted by atomic mass is 16.5. The van der Waals surface area contributed by atoms with Crippen LogP contribution in [0.5, 0.6) is 11.5 Å². The van der Waals surface area contributed by atoms with Crippen LogP contribution in [0.25, 0.3) is 5.57 Å². The minimum Gasteiger partial charge on any atom is -0.495 e. The predicted octanol–water partition coefficient (Wildman–Crippen LogP) is 3.70. The van der Waals surface area contributed by atoms with E-state index in [1.165, 1.54) is 4.90 Å². The van der Waals surface area contributed by atoms with Crippen LogP contribution in [0.1, 0.15) is 25.8 Å². The molecule has 2 amide bonds. The number of anilines is 1. The van der Waals surface area contributed by atoms with E-state index in [0.29, 0.717) is 47.9 Å². The molecule has 28 heavy (non-hydrogen) atoms. The molecule has 1 aliphatic rings. The number of imide groups is 1. The summed E-state index contributed by atoms with van der Waals surface area (Å²) in [6.45, 7) is 4.77. The lowest BCUT2D eigenvalue weighted by Crippen LogP contribution is -2.33. The van der Waals surface area contributed by atoms with E-state index in [4.69, 9.17) is 9.47 Å². The normalized spacial score (nSPS) is 13.9. The van der Waals surface area contributed by atoms with Gasteiger partial charge in [0.15, 0.2) is 0 Å². The number of hydrogen-bond donors (Lipinski definition) is 1. The van der Waals surface area contributed by atoms with Gasteiger partial charge in [-0.25, -0.2) is 0 Å². The second-order valence-corrected chi connectivity index (χ2v) is 6.29. The molecular formula is C22H24N2O4. The third-order valence-electron chi connectivity index (χ3n) is 4.44. The monoisotopic (exact) mass is 380 g/mol. The molecule has 146 valence electrons. The van der Waals surface area contributed by atoms with Crippen LogP contribution in [0.4, 0.5) is 5.69 Å². The minimum absolute atomic E-state index is 0.257. The quantitative estimate of drug-likeness (QED) is 0.708. The highest BCUT2D eigenvalue weighted by Crippen LogP contribution is 2.33. The minimum atomic E-state index is -0.332. The molecule has 0 fully saturated rings. The van der Waals surface area contributed by atoms with Crippen LogP contribution in [-0.2, 0) is 9.59 Å². The van der Waals surface area contributed by atoms with Gasteiger partial charge in [0.25, 0.3) is 11.8 Å². The fourth-order valence-electron chi connectivity index (χ4n) is 3.15. The lowest BCUT2D eigenvalue weighted by atomic mass is 10.0. The first-order chi connectivity index (χ1) is 13.6. The molecular weight excluding hydrogens is 356 g/mol. The van der Waals surface area contributed by atoms with Gasteiger partial charge < -0.3 is 14.8 Å². The van der Waals surface area contributed by atoms with Crippen molar-refractivity contribution in [2.75, 3.05) is 25.6 Å². The molecule has 0 spiro atoms. The Morgan fingerprint density at radius 1 is 0.964 bits per heavy atom. The lowest BCUT2D eigenvalue weighted by Gasteiger charge is -2.14. The first-order valence-corrected chi connectivity index (χ1v) is 9.34. The van der Waals surface area contributed by atoms with Crippen molar-refractivity contribution in [1.29, 1.82) is 0 Å². The van der Waals surface area contributed by atoms with Gasteiger partial charge in [-0.2, -0.15) is 0 Å². The largest absolute Gasteiger partial charge is 0.495 e. The Bertz CT molecular complexity index is 903. The van der Waals surface area contributed by atoms with Crippen molar-refractivity contribution in [2.45, 2.75) is 20.3 Å². The number of ether oxygens (including phenoxy) is 2. The lowest BCUT2D eigenvalue weighted by molar-refractivity contribution is -0.136. The van der Waals surface area contributed by atoms with Gasteiger partial charge >= 0.3 is 0 Å². The number of para-hydroxylation sites is 2. The summed E-state index contributed by atoms with van der Waals surface area (Å²) in [5.41, 5.74) is 1.90. The molecule has 6 nitrogen and oxygen atoms in total. The van der Waals surface area contributed by atoms with E-state index in [2.05, 4.69) is 5.32 Å². The van der Waals surface area contributed by atoms with E-state index >= 15 is 0 Å². The summed E-state index contributed by atoms with van der Waals surface area (Å²) in [7, 11) is 1.56. The number of nitrogens with zero attached hydrogens (tertiary/aromatic N) is 1. The third-order valence-corrected chi connectivity index (χ3v) is 4.44. The second-order valence-electron chi connectivity index (χ2n) is 6.29. The molecule has 2 aromatic carbocycles. The van der Waals surface area contributed by atoms with Gasteiger partial charge in [-0.15, -0.1) is 0 Å². The summed E-state index contributed by atoms with van der Waals surface area (Å²) in [5, 5.41) is 3.13. The van der Waals surface area contributed by atoms with Gasteiger partial charge in [0.05, 0.1) is 25.0 Å². The summed E-state index contributed by atoms with van der Waals surface area (Å²) >= 11 is 0. The van der Waals surface area contributed by atoms with Crippen molar-refractivity contribution in [3.8, 4) is 11.5 Å². The fraction of sp³-hybridized carbons (Fsp3) is 0.273. The summed E-state index contributed by atoms with van der Waals surface area (Å²) in [5.74, 6) is 0.679. The number of methoxy groups -OCH3 is 1. The molecule has 0 aliphatic carbocycles. The predicted molar refractivity (Wildman–Crippen MR) is 108 cm³/mol. The highest BCUT2D eigenvalue weighted by molar-refractivity contribution is 6.36. The van der Waals surface area contributed by atoms with Crippen LogP contribution < -0.4 is 14.8 Å². The van der Waals surface area contributed by atoms with E-state index in [1.54, 1.807) is 37.4 Å². The average molecular weight is 380 g/mol. The maximum absolute atomic E-state index is 13.0. The van der Waals surface area contributed by atoms with Crippen LogP contribution in [0.3, 0.4) is 0 Å². The number of amides is 2. The Kier molecular flexibility index (Phi) is 5.99. The smallest absolute Gasteiger partial charge is 0.278 e. The van der Waals surface area contributed by atoms with Gasteiger partial charge in [0, 0.05) is 6.54 Å². The van der Waals surface area contributed by atoms with E-state index in [-0.39, 0.29) is 17.5 Å². The summed E-state index contributed by atoms with van der Waals surface area (Å²) in [6.07, 6.45) is 0.690. The molecule has 0 saturated carbocycles. The van der Waals surface area contributed by atoms with Crippen LogP contribution in [-0.4, -0.2) is 37.0 Å². The number of hydrogen-bond acceptors (Lipinski definition) is 5.